The van der Waals surface area contributed by atoms with Crippen molar-refractivity contribution in [3.05, 3.63) is 32.9 Å². The van der Waals surface area contributed by atoms with Gasteiger partial charge in [0.25, 0.3) is 0 Å². The Balaban J connectivity index is 3.14. The topological polar surface area (TPSA) is 26.0 Å². The van der Waals surface area contributed by atoms with Crippen LogP contribution in [0.4, 0.5) is 0 Å². The Labute approximate surface area is 74.8 Å². The molecular formula is C8H10IN. The maximum Gasteiger partial charge on any atom is 0.0181 e. The zero-order chi connectivity index (χ0) is 7.56. The summed E-state index contributed by atoms with van der Waals surface area (Å²) < 4.78 is 1.29. The number of benzene rings is 1. The highest BCUT2D eigenvalue weighted by atomic mass is 127. The second kappa shape index (κ2) is 3.34. The van der Waals surface area contributed by atoms with Crippen molar-refractivity contribution in [2.45, 2.75) is 13.5 Å². The van der Waals surface area contributed by atoms with Gasteiger partial charge in [0.1, 0.15) is 0 Å². The van der Waals surface area contributed by atoms with Crippen LogP contribution >= 0.6 is 22.6 Å². The summed E-state index contributed by atoms with van der Waals surface area (Å²) in [5.41, 5.74) is 8.07. The summed E-state index contributed by atoms with van der Waals surface area (Å²) >= 11 is 2.32. The summed E-state index contributed by atoms with van der Waals surface area (Å²) in [7, 11) is 0. The van der Waals surface area contributed by atoms with Crippen molar-refractivity contribution in [2.75, 3.05) is 0 Å². The summed E-state index contributed by atoms with van der Waals surface area (Å²) in [6.07, 6.45) is 0. The predicted octanol–water partition coefficient (Wildman–Crippen LogP) is 2.06. The molecule has 1 rings (SSSR count). The lowest BCUT2D eigenvalue weighted by atomic mass is 10.1. The highest BCUT2D eigenvalue weighted by molar-refractivity contribution is 14.1. The Morgan fingerprint density at radius 3 is 2.70 bits per heavy atom. The first-order valence-electron chi connectivity index (χ1n) is 3.19. The van der Waals surface area contributed by atoms with Gasteiger partial charge in [0.2, 0.25) is 0 Å². The van der Waals surface area contributed by atoms with Gasteiger partial charge in [-0.1, -0.05) is 12.1 Å². The average Bonchev–Trinajstić information content (AvgIpc) is 1.95. The summed E-state index contributed by atoms with van der Waals surface area (Å²) in [4.78, 5) is 0. The Kier molecular flexibility index (Phi) is 2.68. The molecule has 0 atom stereocenters. The molecule has 0 bridgehead atoms. The standard InChI is InChI=1S/C8H10IN/c1-6-7(5-10)3-2-4-8(6)9/h2-4H,5,10H2,1H3. The second-order valence-corrected chi connectivity index (χ2v) is 3.39. The van der Waals surface area contributed by atoms with E-state index in [1.54, 1.807) is 0 Å². The van der Waals surface area contributed by atoms with Gasteiger partial charge in [-0.25, -0.2) is 0 Å². The van der Waals surface area contributed by atoms with E-state index in [0.29, 0.717) is 6.54 Å². The third kappa shape index (κ3) is 1.49. The first-order valence-corrected chi connectivity index (χ1v) is 4.27. The summed E-state index contributed by atoms with van der Waals surface area (Å²) in [6.45, 7) is 2.74. The van der Waals surface area contributed by atoms with Gasteiger partial charge in [-0.15, -0.1) is 0 Å². The Morgan fingerprint density at radius 2 is 2.20 bits per heavy atom. The van der Waals surface area contributed by atoms with Crippen molar-refractivity contribution >= 4 is 22.6 Å². The highest BCUT2D eigenvalue weighted by Crippen LogP contribution is 2.14. The fourth-order valence-electron chi connectivity index (χ4n) is 0.873. The van der Waals surface area contributed by atoms with Gasteiger partial charge in [-0.05, 0) is 46.7 Å². The van der Waals surface area contributed by atoms with Crippen LogP contribution < -0.4 is 5.73 Å². The lowest BCUT2D eigenvalue weighted by molar-refractivity contribution is 1.04. The molecule has 2 N–H and O–H groups in total. The molecule has 1 aromatic rings. The minimum absolute atomic E-state index is 0.642. The lowest BCUT2D eigenvalue weighted by Gasteiger charge is -2.02. The molecule has 0 radical (unpaired) electrons. The van der Waals surface area contributed by atoms with E-state index >= 15 is 0 Å². The molecule has 10 heavy (non-hydrogen) atoms. The third-order valence-electron chi connectivity index (χ3n) is 1.60. The lowest BCUT2D eigenvalue weighted by Crippen LogP contribution is -1.99. The minimum atomic E-state index is 0.642. The highest BCUT2D eigenvalue weighted by Gasteiger charge is 1.97. The Hall–Kier alpha value is -0.0900. The second-order valence-electron chi connectivity index (χ2n) is 2.23. The van der Waals surface area contributed by atoms with Gasteiger partial charge in [0.05, 0.1) is 0 Å². The number of rotatable bonds is 1. The predicted molar refractivity (Wildman–Crippen MR) is 51.8 cm³/mol. The quantitative estimate of drug-likeness (QED) is 0.755. The minimum Gasteiger partial charge on any atom is -0.326 e. The Morgan fingerprint density at radius 1 is 1.50 bits per heavy atom. The van der Waals surface area contributed by atoms with Crippen LogP contribution in [0, 0.1) is 10.5 Å². The summed E-state index contributed by atoms with van der Waals surface area (Å²) in [6, 6.07) is 6.20. The number of nitrogens with two attached hydrogens (primary N) is 1. The van der Waals surface area contributed by atoms with Crippen LogP contribution in [-0.4, -0.2) is 0 Å². The number of halogens is 1. The molecule has 0 unspecified atom stereocenters. The molecule has 0 aliphatic heterocycles. The largest absolute Gasteiger partial charge is 0.326 e. The molecule has 54 valence electrons. The molecule has 0 saturated heterocycles. The first kappa shape index (κ1) is 8.01. The van der Waals surface area contributed by atoms with Crippen molar-refractivity contribution in [1.82, 2.24) is 0 Å². The Bertz CT molecular complexity index is 233. The van der Waals surface area contributed by atoms with Gasteiger partial charge in [0.15, 0.2) is 0 Å². The van der Waals surface area contributed by atoms with Crippen LogP contribution in [0.1, 0.15) is 11.1 Å². The van der Waals surface area contributed by atoms with E-state index in [1.165, 1.54) is 14.7 Å². The van der Waals surface area contributed by atoms with E-state index in [-0.39, 0.29) is 0 Å². The van der Waals surface area contributed by atoms with Crippen molar-refractivity contribution < 1.29 is 0 Å². The normalized spacial score (nSPS) is 9.90. The van der Waals surface area contributed by atoms with E-state index in [0.717, 1.165) is 0 Å². The van der Waals surface area contributed by atoms with Crippen LogP contribution in [0.2, 0.25) is 0 Å². The van der Waals surface area contributed by atoms with E-state index in [9.17, 15) is 0 Å². The van der Waals surface area contributed by atoms with Gasteiger partial charge < -0.3 is 5.73 Å². The molecule has 0 aliphatic carbocycles. The molecule has 0 amide bonds. The molecule has 0 aliphatic rings. The molecule has 1 nitrogen and oxygen atoms in total. The van der Waals surface area contributed by atoms with Gasteiger partial charge in [-0.2, -0.15) is 0 Å². The molecule has 0 heterocycles. The first-order chi connectivity index (χ1) is 4.75. The van der Waals surface area contributed by atoms with Crippen molar-refractivity contribution in [3.63, 3.8) is 0 Å². The fraction of sp³-hybridized carbons (Fsp3) is 0.250. The van der Waals surface area contributed by atoms with Gasteiger partial charge >= 0.3 is 0 Å². The SMILES string of the molecule is Cc1c(I)cccc1CN. The van der Waals surface area contributed by atoms with E-state index in [4.69, 9.17) is 5.73 Å². The maximum atomic E-state index is 5.52. The molecule has 0 saturated carbocycles. The molecule has 0 spiro atoms. The van der Waals surface area contributed by atoms with Crippen LogP contribution in [0.5, 0.6) is 0 Å². The van der Waals surface area contributed by atoms with Crippen molar-refractivity contribution in [3.8, 4) is 0 Å². The van der Waals surface area contributed by atoms with Gasteiger partial charge in [-0.3, -0.25) is 0 Å². The van der Waals surface area contributed by atoms with Crippen molar-refractivity contribution in [2.24, 2.45) is 5.73 Å². The molecule has 2 heteroatoms. The van der Waals surface area contributed by atoms with Crippen LogP contribution in [0.3, 0.4) is 0 Å². The molecule has 0 fully saturated rings. The van der Waals surface area contributed by atoms with E-state index in [2.05, 4.69) is 41.6 Å². The van der Waals surface area contributed by atoms with Crippen LogP contribution in [0.15, 0.2) is 18.2 Å². The van der Waals surface area contributed by atoms with Crippen molar-refractivity contribution in [1.29, 1.82) is 0 Å². The maximum absolute atomic E-state index is 5.52. The zero-order valence-corrected chi connectivity index (χ0v) is 8.05. The monoisotopic (exact) mass is 247 g/mol. The summed E-state index contributed by atoms with van der Waals surface area (Å²) in [5.74, 6) is 0. The fourth-order valence-corrected chi connectivity index (χ4v) is 1.43. The average molecular weight is 247 g/mol. The zero-order valence-electron chi connectivity index (χ0n) is 5.89. The van der Waals surface area contributed by atoms with E-state index in [1.807, 2.05) is 6.07 Å². The number of hydrogen-bond acceptors (Lipinski definition) is 1. The third-order valence-corrected chi connectivity index (χ3v) is 2.77. The van der Waals surface area contributed by atoms with E-state index < -0.39 is 0 Å². The van der Waals surface area contributed by atoms with Gasteiger partial charge in [0, 0.05) is 10.1 Å². The summed E-state index contributed by atoms with van der Waals surface area (Å²) in [5, 5.41) is 0. The number of hydrogen-bond donors (Lipinski definition) is 1. The smallest absolute Gasteiger partial charge is 0.0181 e. The molecule has 1 aromatic carbocycles. The van der Waals surface area contributed by atoms with Crippen LogP contribution in [0.25, 0.3) is 0 Å². The molecule has 0 aromatic heterocycles. The van der Waals surface area contributed by atoms with Crippen LogP contribution in [-0.2, 0) is 6.54 Å². The molecular weight excluding hydrogens is 237 g/mol.